The molecule has 4 rings (SSSR count). The van der Waals surface area contributed by atoms with Crippen LogP contribution in [0.4, 0.5) is 0 Å². The highest BCUT2D eigenvalue weighted by molar-refractivity contribution is 6.19. The van der Waals surface area contributed by atoms with Crippen LogP contribution < -0.4 is 0 Å². The molecule has 0 aromatic rings. The molecule has 5 heteroatoms. The molecule has 2 fully saturated rings. The van der Waals surface area contributed by atoms with E-state index in [4.69, 9.17) is 0 Å². The van der Waals surface area contributed by atoms with Crippen molar-refractivity contribution in [2.45, 2.75) is 58.3 Å². The highest BCUT2D eigenvalue weighted by atomic mass is 16.3. The van der Waals surface area contributed by atoms with E-state index in [0.29, 0.717) is 12.8 Å². The zero-order chi connectivity index (χ0) is 18.5. The molecule has 5 nitrogen and oxygen atoms in total. The number of carbonyl (C=O) groups excluding carboxylic acids is 2. The smallest absolute Gasteiger partial charge is 0.189 e. The molecule has 0 heterocycles. The Hall–Kier alpha value is -1.30. The first kappa shape index (κ1) is 17.1. The Morgan fingerprint density at radius 2 is 1.76 bits per heavy atom. The summed E-state index contributed by atoms with van der Waals surface area (Å²) in [5.74, 6) is -1.20. The molecule has 0 amide bonds. The third-order valence-electron chi connectivity index (χ3n) is 7.63. The van der Waals surface area contributed by atoms with Crippen LogP contribution in [-0.4, -0.2) is 45.2 Å². The SMILES string of the molecule is C=C1[C@H](C)CC[C@]2(C)C3=C(C(=O)[C@]4(C[C@@H]4C)[C@H](O)C3=O)[C@H](O)[C@@H](O)[C@H]12. The van der Waals surface area contributed by atoms with Crippen LogP contribution in [0.25, 0.3) is 0 Å². The molecule has 25 heavy (non-hydrogen) atoms. The fourth-order valence-corrected chi connectivity index (χ4v) is 5.81. The van der Waals surface area contributed by atoms with Crippen molar-refractivity contribution in [1.29, 1.82) is 0 Å². The lowest BCUT2D eigenvalue weighted by atomic mass is 9.50. The van der Waals surface area contributed by atoms with Crippen molar-refractivity contribution in [2.75, 3.05) is 0 Å². The summed E-state index contributed by atoms with van der Waals surface area (Å²) in [7, 11) is 0. The molecule has 0 aliphatic heterocycles. The van der Waals surface area contributed by atoms with E-state index in [0.717, 1.165) is 12.0 Å². The molecule has 3 N–H and O–H groups in total. The van der Waals surface area contributed by atoms with E-state index in [-0.39, 0.29) is 28.8 Å². The van der Waals surface area contributed by atoms with Gasteiger partial charge in [0.05, 0.1) is 11.5 Å². The Kier molecular flexibility index (Phi) is 3.36. The summed E-state index contributed by atoms with van der Waals surface area (Å²) in [5, 5.41) is 32.2. The minimum absolute atomic E-state index is 0.0493. The number of ketones is 2. The second-order valence-electron chi connectivity index (χ2n) is 8.88. The molecule has 4 aliphatic carbocycles. The lowest BCUT2D eigenvalue weighted by Crippen LogP contribution is -2.60. The maximum absolute atomic E-state index is 13.2. The average molecular weight is 346 g/mol. The van der Waals surface area contributed by atoms with E-state index in [1.54, 1.807) is 0 Å². The fraction of sp³-hybridized carbons (Fsp3) is 0.700. The van der Waals surface area contributed by atoms with Crippen LogP contribution in [-0.2, 0) is 9.59 Å². The molecule has 8 atom stereocenters. The van der Waals surface area contributed by atoms with E-state index in [2.05, 4.69) is 6.58 Å². The van der Waals surface area contributed by atoms with Crippen LogP contribution >= 0.6 is 0 Å². The maximum atomic E-state index is 13.2. The second kappa shape index (κ2) is 4.90. The molecular formula is C20H26O5. The molecule has 0 radical (unpaired) electrons. The van der Waals surface area contributed by atoms with Crippen LogP contribution in [0.3, 0.4) is 0 Å². The van der Waals surface area contributed by atoms with Gasteiger partial charge in [-0.2, -0.15) is 0 Å². The van der Waals surface area contributed by atoms with Crippen molar-refractivity contribution in [2.24, 2.45) is 28.6 Å². The number of hydrogen-bond donors (Lipinski definition) is 3. The minimum Gasteiger partial charge on any atom is -0.389 e. The Morgan fingerprint density at radius 1 is 1.16 bits per heavy atom. The standard InChI is InChI=1S/C20H26O5/c1-8-5-6-19(4)12(10(8)3)15(22)14(21)11-13(19)16(23)18(25)20(17(11)24)7-9(20)2/h8-9,12,14-15,18,21-22,25H,3,5-7H2,1-2,4H3/t8-,9+,12+,14+,15+,18-,19+,20-/m1/s1. The van der Waals surface area contributed by atoms with Crippen molar-refractivity contribution in [3.63, 3.8) is 0 Å². The molecule has 136 valence electrons. The van der Waals surface area contributed by atoms with Gasteiger partial charge in [-0.3, -0.25) is 9.59 Å². The highest BCUT2D eigenvalue weighted by Gasteiger charge is 2.71. The molecule has 2 saturated carbocycles. The van der Waals surface area contributed by atoms with Crippen molar-refractivity contribution < 1.29 is 24.9 Å². The van der Waals surface area contributed by atoms with Gasteiger partial charge in [-0.15, -0.1) is 0 Å². The topological polar surface area (TPSA) is 94.8 Å². The van der Waals surface area contributed by atoms with Crippen LogP contribution in [0.1, 0.15) is 40.0 Å². The zero-order valence-corrected chi connectivity index (χ0v) is 15.0. The van der Waals surface area contributed by atoms with E-state index < -0.39 is 40.8 Å². The largest absolute Gasteiger partial charge is 0.389 e. The summed E-state index contributed by atoms with van der Waals surface area (Å²) in [6.45, 7) is 9.83. The normalized spacial score (nSPS) is 52.3. The molecule has 1 spiro atoms. The van der Waals surface area contributed by atoms with Gasteiger partial charge >= 0.3 is 0 Å². The third-order valence-corrected chi connectivity index (χ3v) is 7.63. The molecule has 0 saturated heterocycles. The van der Waals surface area contributed by atoms with Crippen molar-refractivity contribution in [3.8, 4) is 0 Å². The number of rotatable bonds is 0. The number of Topliss-reactive ketones (excluding diaryl/α,β-unsaturated/α-hetero) is 2. The van der Waals surface area contributed by atoms with Gasteiger partial charge in [0.1, 0.15) is 12.2 Å². The number of fused-ring (bicyclic) bond motifs is 2. The van der Waals surface area contributed by atoms with E-state index in [1.165, 1.54) is 0 Å². The van der Waals surface area contributed by atoms with Crippen LogP contribution in [0.2, 0.25) is 0 Å². The monoisotopic (exact) mass is 346 g/mol. The van der Waals surface area contributed by atoms with Gasteiger partial charge in [0, 0.05) is 22.5 Å². The summed E-state index contributed by atoms with van der Waals surface area (Å²) in [5.41, 5.74) is -0.774. The quantitative estimate of drug-likeness (QED) is 0.572. The Labute approximate surface area is 147 Å². The zero-order valence-electron chi connectivity index (χ0n) is 15.0. The van der Waals surface area contributed by atoms with Gasteiger partial charge in [-0.05, 0) is 31.1 Å². The fourth-order valence-electron chi connectivity index (χ4n) is 5.81. The average Bonchev–Trinajstić information content (AvgIpc) is 3.23. The van der Waals surface area contributed by atoms with Gasteiger partial charge in [-0.25, -0.2) is 0 Å². The first-order valence-electron chi connectivity index (χ1n) is 9.15. The van der Waals surface area contributed by atoms with E-state index >= 15 is 0 Å². The van der Waals surface area contributed by atoms with Crippen LogP contribution in [0, 0.1) is 28.6 Å². The van der Waals surface area contributed by atoms with Crippen LogP contribution in [0.5, 0.6) is 0 Å². The molecule has 0 bridgehead atoms. The van der Waals surface area contributed by atoms with Gasteiger partial charge < -0.3 is 15.3 Å². The number of carbonyl (C=O) groups is 2. The second-order valence-corrected chi connectivity index (χ2v) is 8.88. The summed E-state index contributed by atoms with van der Waals surface area (Å²) in [6.07, 6.45) is -2.04. The van der Waals surface area contributed by atoms with Crippen LogP contribution in [0.15, 0.2) is 23.3 Å². The molecule has 0 aromatic heterocycles. The van der Waals surface area contributed by atoms with E-state index in [1.807, 2.05) is 20.8 Å². The van der Waals surface area contributed by atoms with Gasteiger partial charge in [-0.1, -0.05) is 32.9 Å². The summed E-state index contributed by atoms with van der Waals surface area (Å²) in [4.78, 5) is 26.3. The molecule has 4 aliphatic rings. The Balaban J connectivity index is 1.94. The van der Waals surface area contributed by atoms with Gasteiger partial charge in [0.25, 0.3) is 0 Å². The lowest BCUT2D eigenvalue weighted by molar-refractivity contribution is -0.145. The minimum atomic E-state index is -1.40. The third kappa shape index (κ3) is 1.79. The summed E-state index contributed by atoms with van der Waals surface area (Å²) >= 11 is 0. The molecular weight excluding hydrogens is 320 g/mol. The number of aliphatic hydroxyl groups excluding tert-OH is 3. The summed E-state index contributed by atoms with van der Waals surface area (Å²) < 4.78 is 0. The first-order chi connectivity index (χ1) is 11.6. The predicted octanol–water partition coefficient (Wildman–Crippen LogP) is 1.17. The number of hydrogen-bond acceptors (Lipinski definition) is 5. The lowest BCUT2D eigenvalue weighted by Gasteiger charge is -2.54. The Morgan fingerprint density at radius 3 is 2.32 bits per heavy atom. The summed E-state index contributed by atoms with van der Waals surface area (Å²) in [6, 6.07) is 0. The maximum Gasteiger partial charge on any atom is 0.189 e. The van der Waals surface area contributed by atoms with Crippen molar-refractivity contribution in [3.05, 3.63) is 23.3 Å². The van der Waals surface area contributed by atoms with Crippen molar-refractivity contribution in [1.82, 2.24) is 0 Å². The van der Waals surface area contributed by atoms with Crippen molar-refractivity contribution >= 4 is 11.6 Å². The van der Waals surface area contributed by atoms with Gasteiger partial charge in [0.15, 0.2) is 11.6 Å². The Bertz CT molecular complexity index is 736. The highest BCUT2D eigenvalue weighted by Crippen LogP contribution is 2.64. The van der Waals surface area contributed by atoms with E-state index in [9.17, 15) is 24.9 Å². The molecule has 0 aromatic carbocycles. The van der Waals surface area contributed by atoms with Gasteiger partial charge in [0.2, 0.25) is 0 Å². The first-order valence-corrected chi connectivity index (χ1v) is 9.15. The number of aliphatic hydroxyl groups is 3. The predicted molar refractivity (Wildman–Crippen MR) is 90.4 cm³/mol. The molecule has 0 unspecified atom stereocenters.